The minimum Gasteiger partial charge on any atom is -0.481 e. The Bertz CT molecular complexity index is 928. The van der Waals surface area contributed by atoms with Crippen LogP contribution < -0.4 is 0 Å². The van der Waals surface area contributed by atoms with Crippen molar-refractivity contribution >= 4 is 38.6 Å². The van der Waals surface area contributed by atoms with Crippen LogP contribution in [0.3, 0.4) is 0 Å². The van der Waals surface area contributed by atoms with Gasteiger partial charge < -0.3 is 10.1 Å². The SMILES string of the molecule is CCc1cccc2c([C@H](CC(=O)c3ccc(Br)cc3)C(=O)O)c[nH]c12. The maximum absolute atomic E-state index is 12.5. The zero-order valence-corrected chi connectivity index (χ0v) is 15.3. The van der Waals surface area contributed by atoms with E-state index in [0.717, 1.165) is 27.4 Å². The predicted octanol–water partition coefficient (Wildman–Crippen LogP) is 4.93. The number of aromatic nitrogens is 1. The lowest BCUT2D eigenvalue weighted by Gasteiger charge is -2.11. The topological polar surface area (TPSA) is 70.2 Å². The lowest BCUT2D eigenvalue weighted by molar-refractivity contribution is -0.138. The van der Waals surface area contributed by atoms with Gasteiger partial charge in [0.25, 0.3) is 0 Å². The minimum absolute atomic E-state index is 0.0692. The number of hydrogen-bond acceptors (Lipinski definition) is 2. The average Bonchev–Trinajstić information content (AvgIpc) is 3.03. The molecular weight excluding hydrogens is 382 g/mol. The highest BCUT2D eigenvalue weighted by Crippen LogP contribution is 2.31. The molecule has 0 aliphatic heterocycles. The molecule has 0 saturated heterocycles. The first-order chi connectivity index (χ1) is 12.0. The van der Waals surface area contributed by atoms with Gasteiger partial charge in [-0.25, -0.2) is 0 Å². The molecule has 0 spiro atoms. The third-order valence-corrected chi connectivity index (χ3v) is 4.97. The number of hydrogen-bond donors (Lipinski definition) is 2. The number of aryl methyl sites for hydroxylation is 1. The van der Waals surface area contributed by atoms with Crippen LogP contribution in [0.1, 0.15) is 40.7 Å². The Labute approximate surface area is 154 Å². The number of fused-ring (bicyclic) bond motifs is 1. The van der Waals surface area contributed by atoms with E-state index in [9.17, 15) is 14.7 Å². The molecule has 0 saturated carbocycles. The number of aliphatic carboxylic acids is 1. The van der Waals surface area contributed by atoms with E-state index < -0.39 is 11.9 Å². The van der Waals surface area contributed by atoms with Crippen molar-refractivity contribution in [2.75, 3.05) is 0 Å². The molecule has 0 radical (unpaired) electrons. The second-order valence-corrected chi connectivity index (χ2v) is 6.88. The van der Waals surface area contributed by atoms with Gasteiger partial charge >= 0.3 is 5.97 Å². The van der Waals surface area contributed by atoms with Gasteiger partial charge in [0.1, 0.15) is 0 Å². The summed E-state index contributed by atoms with van der Waals surface area (Å²) in [5.41, 5.74) is 3.25. The minimum atomic E-state index is -0.992. The van der Waals surface area contributed by atoms with Gasteiger partial charge in [0, 0.05) is 33.6 Å². The van der Waals surface area contributed by atoms with Crippen LogP contribution in [0.4, 0.5) is 0 Å². The first-order valence-electron chi connectivity index (χ1n) is 8.11. The van der Waals surface area contributed by atoms with Crippen LogP contribution in [0, 0.1) is 0 Å². The Kier molecular flexibility index (Phi) is 5.04. The molecule has 4 nitrogen and oxygen atoms in total. The van der Waals surface area contributed by atoms with Crippen LogP contribution in [0.5, 0.6) is 0 Å². The van der Waals surface area contributed by atoms with Crippen LogP contribution in [0.15, 0.2) is 53.1 Å². The number of para-hydroxylation sites is 1. The molecule has 3 aromatic rings. The Morgan fingerprint density at radius 1 is 1.16 bits per heavy atom. The van der Waals surface area contributed by atoms with E-state index in [1.807, 2.05) is 18.2 Å². The number of carboxylic acids is 1. The lowest BCUT2D eigenvalue weighted by Crippen LogP contribution is -2.16. The Hall–Kier alpha value is -2.40. The highest BCUT2D eigenvalue weighted by atomic mass is 79.9. The summed E-state index contributed by atoms with van der Waals surface area (Å²) in [5, 5.41) is 10.6. The van der Waals surface area contributed by atoms with E-state index in [-0.39, 0.29) is 12.2 Å². The molecule has 0 aliphatic rings. The average molecular weight is 400 g/mol. The summed E-state index contributed by atoms with van der Waals surface area (Å²) in [4.78, 5) is 27.6. The molecular formula is C20H18BrNO3. The van der Waals surface area contributed by atoms with Gasteiger partial charge in [-0.2, -0.15) is 0 Å². The van der Waals surface area contributed by atoms with Gasteiger partial charge in [-0.3, -0.25) is 9.59 Å². The van der Waals surface area contributed by atoms with E-state index >= 15 is 0 Å². The fraction of sp³-hybridized carbons (Fsp3) is 0.200. The van der Waals surface area contributed by atoms with Gasteiger partial charge in [0.2, 0.25) is 0 Å². The number of ketones is 1. The van der Waals surface area contributed by atoms with Crippen molar-refractivity contribution in [3.8, 4) is 0 Å². The molecule has 0 unspecified atom stereocenters. The smallest absolute Gasteiger partial charge is 0.311 e. The summed E-state index contributed by atoms with van der Waals surface area (Å²) in [5.74, 6) is -2.05. The summed E-state index contributed by atoms with van der Waals surface area (Å²) < 4.78 is 0.877. The Morgan fingerprint density at radius 3 is 2.52 bits per heavy atom. The summed E-state index contributed by atoms with van der Waals surface area (Å²) in [6.07, 6.45) is 2.50. The first kappa shape index (κ1) is 17.4. The number of carboxylic acid groups (broad SMARTS) is 1. The summed E-state index contributed by atoms with van der Waals surface area (Å²) in [6.45, 7) is 2.06. The Balaban J connectivity index is 1.96. The molecule has 2 N–H and O–H groups in total. The van der Waals surface area contributed by atoms with E-state index in [1.165, 1.54) is 0 Å². The van der Waals surface area contributed by atoms with Crippen molar-refractivity contribution < 1.29 is 14.7 Å². The number of rotatable bonds is 6. The van der Waals surface area contributed by atoms with E-state index in [4.69, 9.17) is 0 Å². The van der Waals surface area contributed by atoms with E-state index in [0.29, 0.717) is 11.1 Å². The maximum atomic E-state index is 12.5. The standard InChI is InChI=1S/C20H18BrNO3/c1-2-12-4-3-5-15-17(11-22-19(12)15)16(20(24)25)10-18(23)13-6-8-14(21)9-7-13/h3-9,11,16,22H,2,10H2,1H3,(H,24,25)/t16-/m0/s1. The molecule has 1 heterocycles. The number of halogens is 1. The maximum Gasteiger partial charge on any atom is 0.311 e. The van der Waals surface area contributed by atoms with Gasteiger partial charge in [-0.05, 0) is 29.7 Å². The molecule has 2 aromatic carbocycles. The molecule has 128 valence electrons. The quantitative estimate of drug-likeness (QED) is 0.577. The van der Waals surface area contributed by atoms with Crippen LogP contribution in [0.25, 0.3) is 10.9 Å². The van der Waals surface area contributed by atoms with Crippen molar-refractivity contribution in [2.45, 2.75) is 25.7 Å². The second kappa shape index (κ2) is 7.23. The Morgan fingerprint density at radius 2 is 1.88 bits per heavy atom. The fourth-order valence-electron chi connectivity index (χ4n) is 3.09. The van der Waals surface area contributed by atoms with Gasteiger partial charge in [-0.15, -0.1) is 0 Å². The molecule has 5 heteroatoms. The molecule has 0 bridgehead atoms. The molecule has 0 fully saturated rings. The van der Waals surface area contributed by atoms with E-state index in [2.05, 4.69) is 27.8 Å². The fourth-order valence-corrected chi connectivity index (χ4v) is 3.36. The molecule has 0 amide bonds. The number of Topliss-reactive ketones (excluding diaryl/α,β-unsaturated/α-hetero) is 1. The van der Waals surface area contributed by atoms with Crippen molar-refractivity contribution in [3.05, 3.63) is 69.8 Å². The molecule has 3 rings (SSSR count). The van der Waals surface area contributed by atoms with Crippen LogP contribution >= 0.6 is 15.9 Å². The molecule has 25 heavy (non-hydrogen) atoms. The molecule has 1 aromatic heterocycles. The monoisotopic (exact) mass is 399 g/mol. The lowest BCUT2D eigenvalue weighted by atomic mass is 9.91. The first-order valence-corrected chi connectivity index (χ1v) is 8.91. The van der Waals surface area contributed by atoms with Crippen molar-refractivity contribution in [2.24, 2.45) is 0 Å². The van der Waals surface area contributed by atoms with Crippen molar-refractivity contribution in [3.63, 3.8) is 0 Å². The van der Waals surface area contributed by atoms with Crippen molar-refractivity contribution in [1.82, 2.24) is 4.98 Å². The zero-order chi connectivity index (χ0) is 18.0. The predicted molar refractivity (Wildman–Crippen MR) is 101 cm³/mol. The number of benzene rings is 2. The van der Waals surface area contributed by atoms with Crippen molar-refractivity contribution in [1.29, 1.82) is 0 Å². The summed E-state index contributed by atoms with van der Waals surface area (Å²) in [7, 11) is 0. The van der Waals surface area contributed by atoms with Gasteiger partial charge in [0.05, 0.1) is 5.92 Å². The summed E-state index contributed by atoms with van der Waals surface area (Å²) in [6, 6.07) is 12.8. The highest BCUT2D eigenvalue weighted by Gasteiger charge is 2.26. The number of carbonyl (C=O) groups is 2. The highest BCUT2D eigenvalue weighted by molar-refractivity contribution is 9.10. The second-order valence-electron chi connectivity index (χ2n) is 5.96. The summed E-state index contributed by atoms with van der Waals surface area (Å²) >= 11 is 3.33. The van der Waals surface area contributed by atoms with Crippen LogP contribution in [-0.2, 0) is 11.2 Å². The molecule has 0 aliphatic carbocycles. The van der Waals surface area contributed by atoms with Crippen LogP contribution in [-0.4, -0.2) is 21.8 Å². The largest absolute Gasteiger partial charge is 0.481 e. The van der Waals surface area contributed by atoms with E-state index in [1.54, 1.807) is 30.5 Å². The normalized spacial score (nSPS) is 12.2. The van der Waals surface area contributed by atoms with Gasteiger partial charge in [-0.1, -0.05) is 53.2 Å². The van der Waals surface area contributed by atoms with Crippen LogP contribution in [0.2, 0.25) is 0 Å². The van der Waals surface area contributed by atoms with Gasteiger partial charge in [0.15, 0.2) is 5.78 Å². The third-order valence-electron chi connectivity index (χ3n) is 4.44. The third kappa shape index (κ3) is 3.51. The molecule has 1 atom stereocenters. The number of nitrogens with one attached hydrogen (secondary N) is 1. The number of H-pyrrole nitrogens is 1. The zero-order valence-electron chi connectivity index (χ0n) is 13.8. The number of aromatic amines is 1. The number of carbonyl (C=O) groups excluding carboxylic acids is 1.